The molecule has 0 bridgehead atoms. The molecule has 2 aromatic rings. The highest BCUT2D eigenvalue weighted by Crippen LogP contribution is 2.34. The second kappa shape index (κ2) is 2.97. The normalized spacial score (nSPS) is 10.3. The number of nitrogens with zero attached hydrogens (tertiary/aromatic N) is 1. The third-order valence-corrected chi connectivity index (χ3v) is 1.88. The van der Waals surface area contributed by atoms with Crippen LogP contribution in [0.1, 0.15) is 0 Å². The molecule has 0 aliphatic rings. The molecule has 1 heterocycles. The fraction of sp³-hybridized carbons (Fsp3) is 0.222. The van der Waals surface area contributed by atoms with Crippen LogP contribution in [0.2, 0.25) is 0 Å². The van der Waals surface area contributed by atoms with Crippen molar-refractivity contribution in [3.05, 3.63) is 18.4 Å². The Balaban J connectivity index is 2.74. The molecule has 0 saturated heterocycles. The van der Waals surface area contributed by atoms with E-state index >= 15 is 0 Å². The molecule has 0 fully saturated rings. The minimum absolute atomic E-state index is 0.654. The van der Waals surface area contributed by atoms with Crippen LogP contribution in [0.5, 0.6) is 11.5 Å². The van der Waals surface area contributed by atoms with Gasteiger partial charge in [0.15, 0.2) is 11.5 Å². The molecule has 68 valence electrons. The van der Waals surface area contributed by atoms with E-state index in [-0.39, 0.29) is 0 Å². The van der Waals surface area contributed by atoms with Gasteiger partial charge in [0.1, 0.15) is 11.8 Å². The molecular weight excluding hydrogens is 170 g/mol. The largest absolute Gasteiger partial charge is 0.493 e. The Labute approximate surface area is 75.0 Å². The Morgan fingerprint density at radius 3 is 2.77 bits per heavy atom. The van der Waals surface area contributed by atoms with Crippen molar-refractivity contribution < 1.29 is 14.0 Å². The average molecular weight is 179 g/mol. The van der Waals surface area contributed by atoms with Crippen LogP contribution in [-0.2, 0) is 0 Å². The van der Waals surface area contributed by atoms with Crippen LogP contribution in [0, 0.1) is 0 Å². The summed E-state index contributed by atoms with van der Waals surface area (Å²) in [5, 5.41) is 4.61. The summed E-state index contributed by atoms with van der Waals surface area (Å²) >= 11 is 0. The molecule has 0 spiro atoms. The molecule has 0 unspecified atom stereocenters. The maximum Gasteiger partial charge on any atom is 0.173 e. The fourth-order valence-electron chi connectivity index (χ4n) is 1.27. The highest BCUT2D eigenvalue weighted by Gasteiger charge is 2.10. The molecule has 0 amide bonds. The van der Waals surface area contributed by atoms with Gasteiger partial charge in [0, 0.05) is 0 Å². The first-order chi connectivity index (χ1) is 6.36. The molecule has 1 aromatic carbocycles. The number of methoxy groups -OCH3 is 2. The Kier molecular flexibility index (Phi) is 1.81. The highest BCUT2D eigenvalue weighted by molar-refractivity contribution is 5.86. The van der Waals surface area contributed by atoms with Crippen molar-refractivity contribution in [2.75, 3.05) is 14.2 Å². The van der Waals surface area contributed by atoms with Gasteiger partial charge in [0.25, 0.3) is 0 Å². The third kappa shape index (κ3) is 1.11. The molecule has 2 rings (SSSR count). The lowest BCUT2D eigenvalue weighted by atomic mass is 10.2. The molecule has 0 atom stereocenters. The van der Waals surface area contributed by atoms with Crippen molar-refractivity contribution in [1.82, 2.24) is 5.16 Å². The Morgan fingerprint density at radius 2 is 2.08 bits per heavy atom. The first-order valence-electron chi connectivity index (χ1n) is 3.82. The van der Waals surface area contributed by atoms with E-state index in [0.29, 0.717) is 11.5 Å². The zero-order valence-electron chi connectivity index (χ0n) is 7.40. The summed E-state index contributed by atoms with van der Waals surface area (Å²) in [6.07, 6.45) is 1.54. The van der Waals surface area contributed by atoms with Crippen molar-refractivity contribution in [3.63, 3.8) is 0 Å². The third-order valence-electron chi connectivity index (χ3n) is 1.88. The molecule has 4 nitrogen and oxygen atoms in total. The minimum atomic E-state index is 0.654. The molecule has 4 heteroatoms. The predicted octanol–water partition coefficient (Wildman–Crippen LogP) is 1.84. The quantitative estimate of drug-likeness (QED) is 0.705. The van der Waals surface area contributed by atoms with Gasteiger partial charge < -0.3 is 14.0 Å². The number of aromatic nitrogens is 1. The van der Waals surface area contributed by atoms with Gasteiger partial charge in [-0.15, -0.1) is 0 Å². The molecule has 0 N–H and O–H groups in total. The number of ether oxygens (including phenoxy) is 2. The van der Waals surface area contributed by atoms with Gasteiger partial charge in [-0.1, -0.05) is 5.16 Å². The first-order valence-corrected chi connectivity index (χ1v) is 3.82. The predicted molar refractivity (Wildman–Crippen MR) is 47.1 cm³/mol. The lowest BCUT2D eigenvalue weighted by molar-refractivity contribution is 0.358. The molecule has 0 radical (unpaired) electrons. The Hall–Kier alpha value is -1.71. The van der Waals surface area contributed by atoms with Gasteiger partial charge >= 0.3 is 0 Å². The molecule has 13 heavy (non-hydrogen) atoms. The summed E-state index contributed by atoms with van der Waals surface area (Å²) < 4.78 is 15.1. The lowest BCUT2D eigenvalue weighted by Crippen LogP contribution is -1.90. The topological polar surface area (TPSA) is 44.5 Å². The SMILES string of the molecule is COc1ccc2nocc2c1OC. The first kappa shape index (κ1) is 7.91. The van der Waals surface area contributed by atoms with Crippen LogP contribution in [0.15, 0.2) is 22.9 Å². The van der Waals surface area contributed by atoms with Crippen LogP contribution < -0.4 is 9.47 Å². The summed E-state index contributed by atoms with van der Waals surface area (Å²) in [7, 11) is 3.18. The molecule has 0 aliphatic heterocycles. The van der Waals surface area contributed by atoms with Crippen molar-refractivity contribution in [2.45, 2.75) is 0 Å². The fourth-order valence-corrected chi connectivity index (χ4v) is 1.27. The number of rotatable bonds is 2. The van der Waals surface area contributed by atoms with Crippen molar-refractivity contribution >= 4 is 10.9 Å². The van der Waals surface area contributed by atoms with Crippen molar-refractivity contribution in [2.24, 2.45) is 0 Å². The average Bonchev–Trinajstić information content (AvgIpc) is 2.63. The van der Waals surface area contributed by atoms with E-state index in [1.54, 1.807) is 20.3 Å². The van der Waals surface area contributed by atoms with Gasteiger partial charge in [-0.2, -0.15) is 0 Å². The highest BCUT2D eigenvalue weighted by atomic mass is 16.5. The maximum absolute atomic E-state index is 5.18. The molecule has 0 aliphatic carbocycles. The van der Waals surface area contributed by atoms with Gasteiger partial charge in [0.05, 0.1) is 19.6 Å². The number of fused-ring (bicyclic) bond motifs is 1. The van der Waals surface area contributed by atoms with Crippen molar-refractivity contribution in [3.8, 4) is 11.5 Å². The maximum atomic E-state index is 5.18. The second-order valence-corrected chi connectivity index (χ2v) is 2.55. The molecular formula is C9H9NO3. The monoisotopic (exact) mass is 179 g/mol. The second-order valence-electron chi connectivity index (χ2n) is 2.55. The van der Waals surface area contributed by atoms with Crippen LogP contribution in [0.25, 0.3) is 10.9 Å². The van der Waals surface area contributed by atoms with E-state index < -0.39 is 0 Å². The Bertz CT molecular complexity index is 422. The zero-order chi connectivity index (χ0) is 9.26. The van der Waals surface area contributed by atoms with Crippen LogP contribution in [0.4, 0.5) is 0 Å². The lowest BCUT2D eigenvalue weighted by Gasteiger charge is -2.06. The summed E-state index contributed by atoms with van der Waals surface area (Å²) in [6, 6.07) is 3.61. The van der Waals surface area contributed by atoms with Crippen LogP contribution >= 0.6 is 0 Å². The van der Waals surface area contributed by atoms with Gasteiger partial charge in [-0.3, -0.25) is 0 Å². The minimum Gasteiger partial charge on any atom is -0.493 e. The van der Waals surface area contributed by atoms with Crippen molar-refractivity contribution in [1.29, 1.82) is 0 Å². The van der Waals surface area contributed by atoms with Gasteiger partial charge in [0.2, 0.25) is 0 Å². The van der Waals surface area contributed by atoms with Gasteiger partial charge in [-0.05, 0) is 12.1 Å². The van der Waals surface area contributed by atoms with E-state index in [1.807, 2.05) is 6.07 Å². The number of hydrogen-bond donors (Lipinski definition) is 0. The summed E-state index contributed by atoms with van der Waals surface area (Å²) in [5.74, 6) is 1.33. The smallest absolute Gasteiger partial charge is 0.173 e. The van der Waals surface area contributed by atoms with Crippen LogP contribution in [0.3, 0.4) is 0 Å². The number of benzene rings is 1. The molecule has 0 saturated carbocycles. The van der Waals surface area contributed by atoms with E-state index in [9.17, 15) is 0 Å². The van der Waals surface area contributed by atoms with E-state index in [0.717, 1.165) is 10.9 Å². The van der Waals surface area contributed by atoms with E-state index in [2.05, 4.69) is 5.16 Å². The van der Waals surface area contributed by atoms with Gasteiger partial charge in [-0.25, -0.2) is 0 Å². The van der Waals surface area contributed by atoms with Crippen LogP contribution in [-0.4, -0.2) is 19.4 Å². The van der Waals surface area contributed by atoms with E-state index in [1.165, 1.54) is 6.26 Å². The standard InChI is InChI=1S/C9H9NO3/c1-11-8-4-3-7-6(5-13-10-7)9(8)12-2/h3-5H,1-2H3. The molecule has 1 aromatic heterocycles. The van der Waals surface area contributed by atoms with E-state index in [4.69, 9.17) is 14.0 Å². The zero-order valence-corrected chi connectivity index (χ0v) is 7.40. The number of hydrogen-bond acceptors (Lipinski definition) is 4. The summed E-state index contributed by atoms with van der Waals surface area (Å²) in [6.45, 7) is 0. The summed E-state index contributed by atoms with van der Waals surface area (Å²) in [5.41, 5.74) is 0.762. The Morgan fingerprint density at radius 1 is 1.23 bits per heavy atom. The summed E-state index contributed by atoms with van der Waals surface area (Å²) in [4.78, 5) is 0.